The van der Waals surface area contributed by atoms with Gasteiger partial charge in [-0.1, -0.05) is 0 Å². The topological polar surface area (TPSA) is 102 Å². The van der Waals surface area contributed by atoms with Crippen LogP contribution in [0.2, 0.25) is 0 Å². The molecule has 0 aromatic rings. The molecule has 8 heteroatoms. The summed E-state index contributed by atoms with van der Waals surface area (Å²) in [5.74, 6) is 0. The van der Waals surface area contributed by atoms with Crippen LogP contribution in [0.15, 0.2) is 0 Å². The van der Waals surface area contributed by atoms with Crippen LogP contribution in [0.25, 0.3) is 0 Å². The predicted octanol–water partition coefficient (Wildman–Crippen LogP) is -0.108. The van der Waals surface area contributed by atoms with Crippen LogP contribution in [0, 0.1) is 0 Å². The smallest absolute Gasteiger partial charge is 0.423 e. The van der Waals surface area contributed by atoms with Gasteiger partial charge >= 0.3 is 6.09 Å². The monoisotopic (exact) mass is 238 g/mol. The summed E-state index contributed by atoms with van der Waals surface area (Å²) in [6, 6.07) is 0. The number of hydrazine groups is 1. The number of amides is 1. The number of sulfonamides is 1. The van der Waals surface area contributed by atoms with Crippen LogP contribution in [0.5, 0.6) is 0 Å². The summed E-state index contributed by atoms with van der Waals surface area (Å²) in [6.45, 7) is 5.71. The molecule has 88 valence electrons. The van der Waals surface area contributed by atoms with Crippen molar-refractivity contribution in [3.63, 3.8) is 0 Å². The Morgan fingerprint density at radius 2 is 1.67 bits per heavy atom. The third kappa shape index (κ3) is 6.02. The highest BCUT2D eigenvalue weighted by Crippen LogP contribution is 2.05. The molecule has 0 fully saturated rings. The molecule has 15 heavy (non-hydrogen) atoms. The summed E-state index contributed by atoms with van der Waals surface area (Å²) >= 11 is 0. The van der Waals surface area contributed by atoms with E-state index in [1.54, 1.807) is 31.0 Å². The van der Waals surface area contributed by atoms with Crippen molar-refractivity contribution >= 4 is 21.2 Å². The van der Waals surface area contributed by atoms with E-state index in [0.717, 1.165) is 6.92 Å². The van der Waals surface area contributed by atoms with E-state index in [1.807, 2.05) is 0 Å². The minimum atomic E-state index is -4.15. The summed E-state index contributed by atoms with van der Waals surface area (Å²) in [5.41, 5.74) is 0.997. The molecule has 0 aromatic heterocycles. The molecule has 0 unspecified atom stereocenters. The number of ether oxygens (including phenoxy) is 1. The minimum absolute atomic E-state index is 0.744. The highest BCUT2D eigenvalue weighted by atomic mass is 32.2. The Morgan fingerprint density at radius 1 is 1.20 bits per heavy atom. The third-order valence-electron chi connectivity index (χ3n) is 1.06. The quantitative estimate of drug-likeness (QED) is 0.654. The molecular formula is C7H14N2O5S. The molecule has 0 radical (unpaired) electrons. The van der Waals surface area contributed by atoms with Gasteiger partial charge in [-0.3, -0.25) is 4.79 Å². The molecule has 0 saturated heterocycles. The fourth-order valence-electron chi connectivity index (χ4n) is 0.484. The van der Waals surface area contributed by atoms with Gasteiger partial charge in [-0.05, 0) is 20.8 Å². The summed E-state index contributed by atoms with van der Waals surface area (Å²) in [5, 5.41) is -1.10. The van der Waals surface area contributed by atoms with Crippen molar-refractivity contribution in [2.45, 2.75) is 33.3 Å². The molecule has 0 aliphatic rings. The maximum atomic E-state index is 11.0. The first-order chi connectivity index (χ1) is 6.54. The second kappa shape index (κ2) is 4.58. The summed E-state index contributed by atoms with van der Waals surface area (Å²) < 4.78 is 26.5. The van der Waals surface area contributed by atoms with E-state index in [9.17, 15) is 18.0 Å². The fraction of sp³-hybridized carbons (Fsp3) is 0.714. The van der Waals surface area contributed by atoms with Gasteiger partial charge in [0.05, 0.1) is 0 Å². The van der Waals surface area contributed by atoms with Gasteiger partial charge in [0.25, 0.3) is 15.1 Å². The predicted molar refractivity (Wildman–Crippen MR) is 52.1 cm³/mol. The molecule has 7 nitrogen and oxygen atoms in total. The van der Waals surface area contributed by atoms with Gasteiger partial charge in [0.2, 0.25) is 0 Å². The van der Waals surface area contributed by atoms with Gasteiger partial charge in [-0.25, -0.2) is 18.6 Å². The number of carbonyl (C=O) groups is 2. The first kappa shape index (κ1) is 13.8. The van der Waals surface area contributed by atoms with E-state index in [-0.39, 0.29) is 0 Å². The fourth-order valence-corrected chi connectivity index (χ4v) is 0.846. The Hall–Kier alpha value is -1.15. The number of rotatable bonds is 2. The zero-order chi connectivity index (χ0) is 12.3. The Bertz CT molecular complexity index is 354. The van der Waals surface area contributed by atoms with Crippen molar-refractivity contribution < 1.29 is 22.7 Å². The van der Waals surface area contributed by atoms with Gasteiger partial charge in [0, 0.05) is 6.92 Å². The molecular weight excluding hydrogens is 224 g/mol. The Balaban J connectivity index is 4.20. The number of carbonyl (C=O) groups excluding carboxylic acids is 2. The zero-order valence-electron chi connectivity index (χ0n) is 8.95. The van der Waals surface area contributed by atoms with E-state index in [1.165, 1.54) is 0 Å². The molecule has 0 aromatic carbocycles. The number of hydrogen-bond donors (Lipinski definition) is 2. The minimum Gasteiger partial charge on any atom is -0.443 e. The van der Waals surface area contributed by atoms with Gasteiger partial charge in [0.15, 0.2) is 0 Å². The normalized spacial score (nSPS) is 12.0. The van der Waals surface area contributed by atoms with E-state index < -0.39 is 26.8 Å². The van der Waals surface area contributed by atoms with Gasteiger partial charge in [-0.2, -0.15) is 0 Å². The van der Waals surface area contributed by atoms with Crippen molar-refractivity contribution in [3.8, 4) is 0 Å². The maximum Gasteiger partial charge on any atom is 0.423 e. The molecule has 0 saturated carbocycles. The van der Waals surface area contributed by atoms with Crippen molar-refractivity contribution in [2.75, 3.05) is 0 Å². The maximum absolute atomic E-state index is 11.0. The van der Waals surface area contributed by atoms with Gasteiger partial charge in [-0.15, -0.1) is 4.83 Å². The molecule has 0 aliphatic carbocycles. The standard InChI is InChI=1S/C7H14N2O5S/c1-5(10)15(12,13)9-8-6(11)14-7(2,3)4/h9H,1-4H3,(H,8,11). The van der Waals surface area contributed by atoms with Crippen LogP contribution in [0.4, 0.5) is 4.79 Å². The lowest BCUT2D eigenvalue weighted by atomic mass is 10.2. The second-order valence-corrected chi connectivity index (χ2v) is 5.51. The average molecular weight is 238 g/mol. The SMILES string of the molecule is CC(=O)S(=O)(=O)NNC(=O)OC(C)(C)C. The number of nitrogens with one attached hydrogen (secondary N) is 2. The van der Waals surface area contributed by atoms with E-state index in [2.05, 4.69) is 0 Å². The van der Waals surface area contributed by atoms with Gasteiger partial charge in [0.1, 0.15) is 5.60 Å². The highest BCUT2D eigenvalue weighted by molar-refractivity contribution is 8.04. The molecule has 0 rings (SSSR count). The van der Waals surface area contributed by atoms with Crippen molar-refractivity contribution in [1.29, 1.82) is 0 Å². The zero-order valence-corrected chi connectivity index (χ0v) is 9.77. The van der Waals surface area contributed by atoms with Crippen LogP contribution in [-0.2, 0) is 19.6 Å². The van der Waals surface area contributed by atoms with Crippen molar-refractivity contribution in [2.24, 2.45) is 0 Å². The lowest BCUT2D eigenvalue weighted by molar-refractivity contribution is -0.110. The second-order valence-electron chi connectivity index (χ2n) is 3.72. The first-order valence-electron chi connectivity index (χ1n) is 4.06. The Morgan fingerprint density at radius 3 is 2.00 bits per heavy atom. The highest BCUT2D eigenvalue weighted by Gasteiger charge is 2.20. The lowest BCUT2D eigenvalue weighted by Gasteiger charge is -2.19. The Labute approximate surface area is 88.2 Å². The third-order valence-corrected chi connectivity index (χ3v) is 2.19. The largest absolute Gasteiger partial charge is 0.443 e. The van der Waals surface area contributed by atoms with Crippen LogP contribution < -0.4 is 10.3 Å². The van der Waals surface area contributed by atoms with Crippen molar-refractivity contribution in [3.05, 3.63) is 0 Å². The number of hydrogen-bond acceptors (Lipinski definition) is 5. The van der Waals surface area contributed by atoms with Crippen LogP contribution in [0.1, 0.15) is 27.7 Å². The summed E-state index contributed by atoms with van der Waals surface area (Å²) in [4.78, 5) is 23.1. The average Bonchev–Trinajstić information content (AvgIpc) is 1.97. The molecule has 2 N–H and O–H groups in total. The molecule has 0 atom stereocenters. The molecule has 0 bridgehead atoms. The van der Waals surface area contributed by atoms with Crippen LogP contribution >= 0.6 is 0 Å². The summed E-state index contributed by atoms with van der Waals surface area (Å²) in [6.07, 6.45) is -0.979. The van der Waals surface area contributed by atoms with Crippen LogP contribution in [0.3, 0.4) is 0 Å². The summed E-state index contributed by atoms with van der Waals surface area (Å²) in [7, 11) is -4.15. The first-order valence-corrected chi connectivity index (χ1v) is 5.54. The molecule has 0 aliphatic heterocycles. The van der Waals surface area contributed by atoms with E-state index in [0.29, 0.717) is 0 Å². The van der Waals surface area contributed by atoms with Crippen molar-refractivity contribution in [1.82, 2.24) is 10.3 Å². The lowest BCUT2D eigenvalue weighted by Crippen LogP contribution is -2.46. The Kier molecular flexibility index (Phi) is 4.23. The molecule has 0 spiro atoms. The van der Waals surface area contributed by atoms with Gasteiger partial charge < -0.3 is 4.74 Å². The molecule has 0 heterocycles. The van der Waals surface area contributed by atoms with E-state index >= 15 is 0 Å². The van der Waals surface area contributed by atoms with E-state index in [4.69, 9.17) is 4.74 Å². The van der Waals surface area contributed by atoms with Crippen LogP contribution in [-0.4, -0.2) is 25.2 Å². The molecule has 1 amide bonds.